The first kappa shape index (κ1) is 16.3. The van der Waals surface area contributed by atoms with Gasteiger partial charge in [-0.15, -0.1) is 0 Å². The van der Waals surface area contributed by atoms with Crippen LogP contribution in [0.4, 0.5) is 5.95 Å². The van der Waals surface area contributed by atoms with Crippen LogP contribution >= 0.6 is 0 Å². The summed E-state index contributed by atoms with van der Waals surface area (Å²) in [6.45, 7) is 4.48. The van der Waals surface area contributed by atoms with Gasteiger partial charge in [-0.25, -0.2) is 9.97 Å². The van der Waals surface area contributed by atoms with Crippen molar-refractivity contribution in [3.63, 3.8) is 0 Å². The van der Waals surface area contributed by atoms with Crippen LogP contribution in [0.3, 0.4) is 0 Å². The number of hydrogen-bond acceptors (Lipinski definition) is 5. The summed E-state index contributed by atoms with van der Waals surface area (Å²) in [5.41, 5.74) is 2.07. The summed E-state index contributed by atoms with van der Waals surface area (Å²) < 4.78 is 5.24. The number of hydrogen-bond donors (Lipinski definition) is 1. The van der Waals surface area contributed by atoms with Crippen LogP contribution in [0.5, 0.6) is 5.75 Å². The molecule has 0 radical (unpaired) electrons. The molecule has 0 saturated carbocycles. The van der Waals surface area contributed by atoms with E-state index in [0.29, 0.717) is 0 Å². The predicted octanol–water partition coefficient (Wildman–Crippen LogP) is 2.98. The molecule has 25 heavy (non-hydrogen) atoms. The fourth-order valence-electron chi connectivity index (χ4n) is 4.08. The second-order valence-electron chi connectivity index (χ2n) is 7.07. The fraction of sp³-hybridized carbons (Fsp3) is 0.500. The Morgan fingerprint density at radius 1 is 1.12 bits per heavy atom. The standard InChI is InChI=1S/C20H26N4O/c1-25-18-6-4-15(5-7-18)19-9-11-22-20(23-19)24-12-2-3-17(14-24)16-8-10-21-13-16/h4-7,9,11,16-17,21H,2-3,8,10,12-14H2,1H3. The van der Waals surface area contributed by atoms with Crippen LogP contribution in [0.25, 0.3) is 11.3 Å². The zero-order chi connectivity index (χ0) is 17.1. The summed E-state index contributed by atoms with van der Waals surface area (Å²) >= 11 is 0. The van der Waals surface area contributed by atoms with Gasteiger partial charge >= 0.3 is 0 Å². The monoisotopic (exact) mass is 338 g/mol. The maximum absolute atomic E-state index is 5.24. The van der Waals surface area contributed by atoms with Crippen LogP contribution in [0.2, 0.25) is 0 Å². The molecule has 1 aromatic heterocycles. The summed E-state index contributed by atoms with van der Waals surface area (Å²) in [6.07, 6.45) is 5.76. The van der Waals surface area contributed by atoms with Crippen molar-refractivity contribution < 1.29 is 4.74 Å². The predicted molar refractivity (Wildman–Crippen MR) is 99.9 cm³/mol. The van der Waals surface area contributed by atoms with Crippen LogP contribution in [0.15, 0.2) is 36.5 Å². The minimum Gasteiger partial charge on any atom is -0.497 e. The highest BCUT2D eigenvalue weighted by molar-refractivity contribution is 5.61. The lowest BCUT2D eigenvalue weighted by Crippen LogP contribution is -2.39. The molecule has 0 amide bonds. The summed E-state index contributed by atoms with van der Waals surface area (Å²) in [7, 11) is 1.68. The molecule has 5 nitrogen and oxygen atoms in total. The lowest BCUT2D eigenvalue weighted by atomic mass is 9.85. The third-order valence-corrected chi connectivity index (χ3v) is 5.53. The van der Waals surface area contributed by atoms with E-state index in [1.54, 1.807) is 7.11 Å². The number of methoxy groups -OCH3 is 1. The van der Waals surface area contributed by atoms with E-state index in [1.165, 1.54) is 32.4 Å². The molecule has 0 bridgehead atoms. The van der Waals surface area contributed by atoms with E-state index >= 15 is 0 Å². The van der Waals surface area contributed by atoms with Crippen molar-refractivity contribution in [2.24, 2.45) is 11.8 Å². The quantitative estimate of drug-likeness (QED) is 0.929. The number of nitrogens with one attached hydrogen (secondary N) is 1. The molecule has 3 heterocycles. The number of aromatic nitrogens is 2. The van der Waals surface area contributed by atoms with Gasteiger partial charge in [-0.3, -0.25) is 0 Å². The van der Waals surface area contributed by atoms with E-state index < -0.39 is 0 Å². The van der Waals surface area contributed by atoms with Crippen molar-refractivity contribution in [1.82, 2.24) is 15.3 Å². The number of anilines is 1. The molecule has 2 atom stereocenters. The Labute approximate surface area is 149 Å². The summed E-state index contributed by atoms with van der Waals surface area (Å²) in [4.78, 5) is 11.8. The minimum absolute atomic E-state index is 0.761. The van der Waals surface area contributed by atoms with Crippen LogP contribution in [-0.4, -0.2) is 43.3 Å². The molecule has 4 rings (SSSR count). The Balaban J connectivity index is 1.51. The maximum atomic E-state index is 5.24. The SMILES string of the molecule is COc1ccc(-c2ccnc(N3CCCC(C4CCNC4)C3)n2)cc1. The molecule has 2 unspecified atom stereocenters. The number of benzene rings is 1. The van der Waals surface area contributed by atoms with Gasteiger partial charge in [-0.05, 0) is 74.5 Å². The van der Waals surface area contributed by atoms with Gasteiger partial charge in [0.1, 0.15) is 5.75 Å². The molecule has 132 valence electrons. The van der Waals surface area contributed by atoms with E-state index in [0.717, 1.165) is 47.9 Å². The third-order valence-electron chi connectivity index (χ3n) is 5.53. The molecule has 2 aliphatic heterocycles. The van der Waals surface area contributed by atoms with E-state index in [2.05, 4.69) is 15.2 Å². The number of nitrogens with zero attached hydrogens (tertiary/aromatic N) is 3. The molecular weight excluding hydrogens is 312 g/mol. The first-order valence-electron chi connectivity index (χ1n) is 9.26. The lowest BCUT2D eigenvalue weighted by molar-refractivity contribution is 0.300. The number of ether oxygens (including phenoxy) is 1. The van der Waals surface area contributed by atoms with Gasteiger partial charge in [-0.2, -0.15) is 0 Å². The van der Waals surface area contributed by atoms with Crippen LogP contribution < -0.4 is 15.0 Å². The zero-order valence-corrected chi connectivity index (χ0v) is 14.8. The van der Waals surface area contributed by atoms with Gasteiger partial charge in [0.15, 0.2) is 0 Å². The molecule has 0 spiro atoms. The molecule has 1 N–H and O–H groups in total. The van der Waals surface area contributed by atoms with Gasteiger partial charge in [0, 0.05) is 24.8 Å². The first-order valence-corrected chi connectivity index (χ1v) is 9.26. The van der Waals surface area contributed by atoms with Gasteiger partial charge in [0.25, 0.3) is 0 Å². The van der Waals surface area contributed by atoms with Gasteiger partial charge in [-0.1, -0.05) is 0 Å². The summed E-state index contributed by atoms with van der Waals surface area (Å²) in [6, 6.07) is 10.0. The summed E-state index contributed by atoms with van der Waals surface area (Å²) in [5, 5.41) is 3.50. The molecule has 5 heteroatoms. The van der Waals surface area contributed by atoms with E-state index in [-0.39, 0.29) is 0 Å². The Hall–Kier alpha value is -2.14. The maximum Gasteiger partial charge on any atom is 0.225 e. The Kier molecular flexibility index (Phi) is 4.83. The van der Waals surface area contributed by atoms with Crippen LogP contribution in [-0.2, 0) is 0 Å². The lowest BCUT2D eigenvalue weighted by Gasteiger charge is -2.35. The highest BCUT2D eigenvalue weighted by atomic mass is 16.5. The second-order valence-corrected chi connectivity index (χ2v) is 7.07. The van der Waals surface area contributed by atoms with Gasteiger partial charge in [0.2, 0.25) is 5.95 Å². The topological polar surface area (TPSA) is 50.3 Å². The molecule has 2 saturated heterocycles. The van der Waals surface area contributed by atoms with E-state index in [1.807, 2.05) is 36.5 Å². The van der Waals surface area contributed by atoms with E-state index in [9.17, 15) is 0 Å². The number of rotatable bonds is 4. The Morgan fingerprint density at radius 2 is 2.00 bits per heavy atom. The average molecular weight is 338 g/mol. The smallest absolute Gasteiger partial charge is 0.225 e. The van der Waals surface area contributed by atoms with Crippen molar-refractivity contribution in [2.45, 2.75) is 19.3 Å². The molecule has 2 aromatic rings. The van der Waals surface area contributed by atoms with Crippen molar-refractivity contribution >= 4 is 5.95 Å². The molecule has 1 aromatic carbocycles. The third kappa shape index (κ3) is 3.61. The van der Waals surface area contributed by atoms with Crippen LogP contribution in [0.1, 0.15) is 19.3 Å². The van der Waals surface area contributed by atoms with Gasteiger partial charge < -0.3 is 15.0 Å². The highest BCUT2D eigenvalue weighted by Gasteiger charge is 2.30. The van der Waals surface area contributed by atoms with Crippen molar-refractivity contribution in [2.75, 3.05) is 38.2 Å². The van der Waals surface area contributed by atoms with Crippen molar-refractivity contribution in [3.8, 4) is 17.0 Å². The first-order chi connectivity index (χ1) is 12.3. The summed E-state index contributed by atoms with van der Waals surface area (Å²) in [5.74, 6) is 3.30. The molecule has 0 aliphatic carbocycles. The van der Waals surface area contributed by atoms with Crippen LogP contribution in [0, 0.1) is 11.8 Å². The minimum atomic E-state index is 0.761. The second kappa shape index (κ2) is 7.40. The fourth-order valence-corrected chi connectivity index (χ4v) is 4.08. The molecule has 2 fully saturated rings. The highest BCUT2D eigenvalue weighted by Crippen LogP contribution is 2.30. The zero-order valence-electron chi connectivity index (χ0n) is 14.8. The number of piperidine rings is 1. The molecule has 2 aliphatic rings. The Morgan fingerprint density at radius 3 is 2.76 bits per heavy atom. The van der Waals surface area contributed by atoms with Crippen molar-refractivity contribution in [3.05, 3.63) is 36.5 Å². The Bertz CT molecular complexity index is 697. The van der Waals surface area contributed by atoms with E-state index in [4.69, 9.17) is 9.72 Å². The van der Waals surface area contributed by atoms with Gasteiger partial charge in [0.05, 0.1) is 12.8 Å². The van der Waals surface area contributed by atoms with Crippen molar-refractivity contribution in [1.29, 1.82) is 0 Å². The molecular formula is C20H26N4O. The largest absolute Gasteiger partial charge is 0.497 e. The average Bonchev–Trinajstić information content (AvgIpc) is 3.23. The normalized spacial score (nSPS) is 23.6.